The van der Waals surface area contributed by atoms with Gasteiger partial charge in [-0.15, -0.1) is 0 Å². The van der Waals surface area contributed by atoms with Crippen LogP contribution in [-0.4, -0.2) is 72.4 Å². The number of amides is 2. The number of nitro groups is 1. The van der Waals surface area contributed by atoms with E-state index in [0.29, 0.717) is 57.1 Å². The van der Waals surface area contributed by atoms with Gasteiger partial charge in [-0.3, -0.25) is 19.7 Å². The van der Waals surface area contributed by atoms with Gasteiger partial charge in [-0.05, 0) is 30.5 Å². The Morgan fingerprint density at radius 2 is 1.86 bits per heavy atom. The van der Waals surface area contributed by atoms with Gasteiger partial charge in [0.05, 0.1) is 4.92 Å². The Bertz CT molecular complexity index is 791. The lowest BCUT2D eigenvalue weighted by Gasteiger charge is -2.35. The van der Waals surface area contributed by atoms with Crippen molar-refractivity contribution in [3.05, 3.63) is 33.9 Å². The molecule has 152 valence electrons. The zero-order valence-corrected chi connectivity index (χ0v) is 16.4. The number of carbonyl (C=O) groups excluding carboxylic acids is 2. The van der Waals surface area contributed by atoms with Crippen LogP contribution in [-0.2, 0) is 4.79 Å². The molecule has 0 saturated carbocycles. The van der Waals surface area contributed by atoms with Crippen molar-refractivity contribution < 1.29 is 14.5 Å². The highest BCUT2D eigenvalue weighted by Gasteiger charge is 2.36. The average molecular weight is 389 g/mol. The summed E-state index contributed by atoms with van der Waals surface area (Å²) in [6.07, 6.45) is 0.829. The minimum absolute atomic E-state index is 0.00480. The number of carbonyl (C=O) groups is 2. The minimum atomic E-state index is -0.447. The van der Waals surface area contributed by atoms with Crippen LogP contribution in [0.15, 0.2) is 18.2 Å². The highest BCUT2D eigenvalue weighted by Crippen LogP contribution is 2.33. The zero-order valence-electron chi connectivity index (χ0n) is 16.4. The predicted molar refractivity (Wildman–Crippen MR) is 105 cm³/mol. The quantitative estimate of drug-likeness (QED) is 0.609. The smallest absolute Gasteiger partial charge is 0.293 e. The van der Waals surface area contributed by atoms with Crippen LogP contribution in [0.5, 0.6) is 0 Å². The topological polar surface area (TPSA) is 113 Å². The minimum Gasteiger partial charge on any atom is -0.362 e. The highest BCUT2D eigenvalue weighted by molar-refractivity contribution is 5.96. The summed E-state index contributed by atoms with van der Waals surface area (Å²) in [5.41, 5.74) is 6.43. The molecule has 2 aliphatic rings. The van der Waals surface area contributed by atoms with E-state index in [1.54, 1.807) is 21.9 Å². The van der Waals surface area contributed by atoms with Crippen LogP contribution >= 0.6 is 0 Å². The number of nitro benzene ring substituents is 1. The third kappa shape index (κ3) is 3.94. The SMILES string of the molecule is CC(=O)N1CCN(c2ccc(C(=O)N3CCC(C)(CN)C3)cc2[N+](=O)[O-])CC1. The summed E-state index contributed by atoms with van der Waals surface area (Å²) in [6.45, 7) is 7.34. The van der Waals surface area contributed by atoms with Gasteiger partial charge in [0.1, 0.15) is 5.69 Å². The van der Waals surface area contributed by atoms with E-state index in [9.17, 15) is 19.7 Å². The first kappa shape index (κ1) is 20.1. The number of piperazine rings is 1. The van der Waals surface area contributed by atoms with Crippen LogP contribution in [0, 0.1) is 15.5 Å². The first-order chi connectivity index (χ1) is 13.2. The van der Waals surface area contributed by atoms with Crippen LogP contribution in [0.2, 0.25) is 0 Å². The van der Waals surface area contributed by atoms with Crippen molar-refractivity contribution in [2.24, 2.45) is 11.1 Å². The van der Waals surface area contributed by atoms with Crippen molar-refractivity contribution in [2.45, 2.75) is 20.3 Å². The van der Waals surface area contributed by atoms with Gasteiger partial charge in [0.2, 0.25) is 5.91 Å². The molecular formula is C19H27N5O4. The lowest BCUT2D eigenvalue weighted by Crippen LogP contribution is -2.48. The number of likely N-dealkylation sites (tertiary alicyclic amines) is 1. The molecule has 0 bridgehead atoms. The number of nitrogens with zero attached hydrogens (tertiary/aromatic N) is 4. The first-order valence-corrected chi connectivity index (χ1v) is 9.52. The van der Waals surface area contributed by atoms with Crippen LogP contribution < -0.4 is 10.6 Å². The molecule has 0 spiro atoms. The molecule has 9 heteroatoms. The van der Waals surface area contributed by atoms with Gasteiger partial charge >= 0.3 is 0 Å². The fourth-order valence-electron chi connectivity index (χ4n) is 3.88. The molecular weight excluding hydrogens is 362 g/mol. The Morgan fingerprint density at radius 3 is 2.39 bits per heavy atom. The molecule has 0 aliphatic carbocycles. The Balaban J connectivity index is 1.79. The summed E-state index contributed by atoms with van der Waals surface area (Å²) in [5, 5.41) is 11.7. The van der Waals surface area contributed by atoms with Gasteiger partial charge in [-0.25, -0.2) is 0 Å². The van der Waals surface area contributed by atoms with Gasteiger partial charge in [-0.1, -0.05) is 6.92 Å². The third-order valence-corrected chi connectivity index (χ3v) is 5.82. The van der Waals surface area contributed by atoms with Gasteiger partial charge in [0.25, 0.3) is 11.6 Å². The normalized spacial score (nSPS) is 22.5. The van der Waals surface area contributed by atoms with E-state index in [1.165, 1.54) is 13.0 Å². The average Bonchev–Trinajstić information content (AvgIpc) is 3.10. The standard InChI is InChI=1S/C19H27N5O4/c1-14(25)21-7-9-22(10-8-21)16-4-3-15(11-17(16)24(27)28)18(26)23-6-5-19(2,12-20)13-23/h3-4,11H,5-10,12-13,20H2,1-2H3. The maximum absolute atomic E-state index is 12.8. The Morgan fingerprint density at radius 1 is 1.18 bits per heavy atom. The second kappa shape index (κ2) is 7.75. The molecule has 1 unspecified atom stereocenters. The van der Waals surface area contributed by atoms with Crippen molar-refractivity contribution in [3.63, 3.8) is 0 Å². The molecule has 2 heterocycles. The van der Waals surface area contributed by atoms with E-state index in [-0.39, 0.29) is 22.9 Å². The number of hydrogen-bond acceptors (Lipinski definition) is 6. The van der Waals surface area contributed by atoms with Gasteiger partial charge in [0.15, 0.2) is 0 Å². The van der Waals surface area contributed by atoms with Gasteiger partial charge in [0, 0.05) is 57.8 Å². The maximum Gasteiger partial charge on any atom is 0.293 e. The van der Waals surface area contributed by atoms with Gasteiger partial charge in [-0.2, -0.15) is 0 Å². The van der Waals surface area contributed by atoms with Crippen molar-refractivity contribution >= 4 is 23.2 Å². The lowest BCUT2D eigenvalue weighted by atomic mass is 9.90. The van der Waals surface area contributed by atoms with E-state index in [0.717, 1.165) is 6.42 Å². The van der Waals surface area contributed by atoms with Crippen LogP contribution in [0.4, 0.5) is 11.4 Å². The summed E-state index contributed by atoms with van der Waals surface area (Å²) in [7, 11) is 0. The van der Waals surface area contributed by atoms with Crippen LogP contribution in [0.1, 0.15) is 30.6 Å². The summed E-state index contributed by atoms with van der Waals surface area (Å²) in [6, 6.07) is 4.67. The molecule has 2 aliphatic heterocycles. The first-order valence-electron chi connectivity index (χ1n) is 9.52. The van der Waals surface area contributed by atoms with Crippen molar-refractivity contribution in [2.75, 3.05) is 50.7 Å². The Kier molecular flexibility index (Phi) is 5.55. The van der Waals surface area contributed by atoms with E-state index in [2.05, 4.69) is 0 Å². The van der Waals surface area contributed by atoms with E-state index >= 15 is 0 Å². The molecule has 1 atom stereocenters. The van der Waals surface area contributed by atoms with Crippen molar-refractivity contribution in [1.29, 1.82) is 0 Å². The summed E-state index contributed by atoms with van der Waals surface area (Å²) >= 11 is 0. The summed E-state index contributed by atoms with van der Waals surface area (Å²) in [4.78, 5) is 40.9. The second-order valence-electron chi connectivity index (χ2n) is 7.95. The van der Waals surface area contributed by atoms with Crippen LogP contribution in [0.25, 0.3) is 0 Å². The van der Waals surface area contributed by atoms with E-state index in [4.69, 9.17) is 5.73 Å². The van der Waals surface area contributed by atoms with E-state index < -0.39 is 4.92 Å². The van der Waals surface area contributed by atoms with E-state index in [1.807, 2.05) is 11.8 Å². The lowest BCUT2D eigenvalue weighted by molar-refractivity contribution is -0.384. The van der Waals surface area contributed by atoms with Gasteiger partial charge < -0.3 is 20.4 Å². The number of hydrogen-bond donors (Lipinski definition) is 1. The molecule has 9 nitrogen and oxygen atoms in total. The zero-order chi connectivity index (χ0) is 20.5. The Labute approximate surface area is 164 Å². The molecule has 1 aromatic rings. The summed E-state index contributed by atoms with van der Waals surface area (Å²) < 4.78 is 0. The third-order valence-electron chi connectivity index (χ3n) is 5.82. The fourth-order valence-corrected chi connectivity index (χ4v) is 3.88. The molecule has 3 rings (SSSR count). The molecule has 0 aromatic heterocycles. The second-order valence-corrected chi connectivity index (χ2v) is 7.95. The van der Waals surface area contributed by atoms with Crippen molar-refractivity contribution in [1.82, 2.24) is 9.80 Å². The largest absolute Gasteiger partial charge is 0.362 e. The summed E-state index contributed by atoms with van der Waals surface area (Å²) in [5.74, 6) is -0.196. The molecule has 2 N–H and O–H groups in total. The molecule has 2 fully saturated rings. The maximum atomic E-state index is 12.8. The molecule has 2 saturated heterocycles. The predicted octanol–water partition coefficient (Wildman–Crippen LogP) is 1.07. The number of nitrogens with two attached hydrogens (primary N) is 1. The number of rotatable bonds is 4. The van der Waals surface area contributed by atoms with Crippen LogP contribution in [0.3, 0.4) is 0 Å². The molecule has 0 radical (unpaired) electrons. The monoisotopic (exact) mass is 389 g/mol. The van der Waals surface area contributed by atoms with Crippen molar-refractivity contribution in [3.8, 4) is 0 Å². The number of benzene rings is 1. The molecule has 28 heavy (non-hydrogen) atoms. The highest BCUT2D eigenvalue weighted by atomic mass is 16.6. The Hall–Kier alpha value is -2.68. The molecule has 1 aromatic carbocycles. The molecule has 2 amide bonds. The number of anilines is 1. The fraction of sp³-hybridized carbons (Fsp3) is 0.579.